The Morgan fingerprint density at radius 3 is 2.27 bits per heavy atom. The smallest absolute Gasteiger partial charge is 0.265 e. The molecule has 1 aliphatic heterocycles. The number of benzene rings is 1. The summed E-state index contributed by atoms with van der Waals surface area (Å²) in [6.45, 7) is -0.0466. The number of amides is 1. The van der Waals surface area contributed by atoms with Gasteiger partial charge in [0.2, 0.25) is 10.0 Å². The first-order chi connectivity index (χ1) is 14.4. The van der Waals surface area contributed by atoms with Crippen LogP contribution in [0.1, 0.15) is 39.7 Å². The van der Waals surface area contributed by atoms with E-state index in [-0.39, 0.29) is 28.7 Å². The second-order valence-corrected chi connectivity index (χ2v) is 8.31. The first-order valence-electron chi connectivity index (χ1n) is 8.81. The molecule has 0 saturated carbocycles. The molecule has 1 aromatic carbocycles. The Kier molecular flexibility index (Phi) is 5.22. The molecule has 12 heteroatoms. The predicted octanol–water partition coefficient (Wildman–Crippen LogP) is -0.151. The van der Waals surface area contributed by atoms with Gasteiger partial charge in [-0.2, -0.15) is 4.31 Å². The molecule has 0 aliphatic carbocycles. The monoisotopic (exact) mass is 427 g/mol. The Morgan fingerprint density at radius 2 is 1.67 bits per heavy atom. The summed E-state index contributed by atoms with van der Waals surface area (Å²) in [6.07, 6.45) is 4.36. The molecule has 4 rings (SSSR count). The minimum atomic E-state index is -4.09. The molecule has 3 heterocycles. The average molecular weight is 427 g/mol. The second kappa shape index (κ2) is 7.84. The molecule has 4 N–H and O–H groups in total. The van der Waals surface area contributed by atoms with Crippen LogP contribution >= 0.6 is 0 Å². The second-order valence-electron chi connectivity index (χ2n) is 6.45. The highest BCUT2D eigenvalue weighted by Crippen LogP contribution is 2.41. The predicted molar refractivity (Wildman–Crippen MR) is 103 cm³/mol. The van der Waals surface area contributed by atoms with E-state index in [1.807, 2.05) is 5.43 Å². The first kappa shape index (κ1) is 20.0. The van der Waals surface area contributed by atoms with Crippen LogP contribution in [0.25, 0.3) is 0 Å². The summed E-state index contributed by atoms with van der Waals surface area (Å²) in [5, 5.41) is 11.0. The molecule has 154 valence electrons. The number of nitrogens with one attached hydrogen (secondary N) is 1. The largest absolute Gasteiger partial charge is 0.383 e. The highest BCUT2D eigenvalue weighted by molar-refractivity contribution is 7.89. The first-order valence-corrected chi connectivity index (χ1v) is 10.2. The molecule has 2 aromatic heterocycles. The summed E-state index contributed by atoms with van der Waals surface area (Å²) >= 11 is 0. The SMILES string of the molecule is NNC(=O)c1ccc2c(c1)S(=O)(=O)N(C(c1ncccn1)C(O)c1ncccn1)C2. The van der Waals surface area contributed by atoms with Crippen molar-refractivity contribution in [1.29, 1.82) is 0 Å². The van der Waals surface area contributed by atoms with Crippen molar-refractivity contribution >= 4 is 15.9 Å². The van der Waals surface area contributed by atoms with Crippen molar-refractivity contribution < 1.29 is 18.3 Å². The molecule has 0 bridgehead atoms. The van der Waals surface area contributed by atoms with E-state index in [1.54, 1.807) is 12.1 Å². The number of aliphatic hydroxyl groups excluding tert-OH is 1. The molecule has 11 nitrogen and oxygen atoms in total. The van der Waals surface area contributed by atoms with Crippen LogP contribution in [0.2, 0.25) is 0 Å². The zero-order valence-electron chi connectivity index (χ0n) is 15.5. The van der Waals surface area contributed by atoms with Gasteiger partial charge in [-0.15, -0.1) is 0 Å². The Labute approximate surface area is 171 Å². The Bertz CT molecular complexity index is 1180. The van der Waals surface area contributed by atoms with Crippen LogP contribution in [0, 0.1) is 0 Å². The van der Waals surface area contributed by atoms with E-state index in [9.17, 15) is 18.3 Å². The number of nitrogen functional groups attached to an aromatic ring is 1. The lowest BCUT2D eigenvalue weighted by atomic mass is 10.1. The zero-order valence-corrected chi connectivity index (χ0v) is 16.3. The summed E-state index contributed by atoms with van der Waals surface area (Å²) in [5.41, 5.74) is 2.54. The van der Waals surface area contributed by atoms with Crippen LogP contribution in [0.3, 0.4) is 0 Å². The number of hydrogen-bond donors (Lipinski definition) is 3. The van der Waals surface area contributed by atoms with Gasteiger partial charge in [0.05, 0.1) is 4.90 Å². The Morgan fingerprint density at radius 1 is 1.07 bits per heavy atom. The van der Waals surface area contributed by atoms with Crippen LogP contribution in [0.15, 0.2) is 60.0 Å². The standard InChI is InChI=1S/C18H17N7O4S/c19-24-18(27)11-3-4-12-10-25(30(28,29)13(12)9-11)14(16-20-5-1-6-21-16)15(26)17-22-7-2-8-23-17/h1-9,14-15,26H,10,19H2,(H,24,27). The van der Waals surface area contributed by atoms with Gasteiger partial charge in [0.1, 0.15) is 18.0 Å². The average Bonchev–Trinajstić information content (AvgIpc) is 3.04. The molecule has 0 radical (unpaired) electrons. The van der Waals surface area contributed by atoms with Crippen LogP contribution in [-0.4, -0.2) is 43.7 Å². The number of aromatic nitrogens is 4. The van der Waals surface area contributed by atoms with Gasteiger partial charge >= 0.3 is 0 Å². The third-order valence-corrected chi connectivity index (χ3v) is 6.59. The molecular formula is C18H17N7O4S. The number of aliphatic hydroxyl groups is 1. The molecule has 0 spiro atoms. The fourth-order valence-corrected chi connectivity index (χ4v) is 5.08. The van der Waals surface area contributed by atoms with E-state index in [0.29, 0.717) is 5.56 Å². The number of carbonyl (C=O) groups excluding carboxylic acids is 1. The van der Waals surface area contributed by atoms with E-state index in [2.05, 4.69) is 19.9 Å². The summed E-state index contributed by atoms with van der Waals surface area (Å²) in [6, 6.07) is 6.24. The number of hydrogen-bond acceptors (Lipinski definition) is 9. The molecule has 30 heavy (non-hydrogen) atoms. The molecule has 3 aromatic rings. The molecular weight excluding hydrogens is 410 g/mol. The molecule has 1 amide bonds. The quantitative estimate of drug-likeness (QED) is 0.285. The van der Waals surface area contributed by atoms with Crippen LogP contribution in [-0.2, 0) is 16.6 Å². The topological polar surface area (TPSA) is 164 Å². The molecule has 0 fully saturated rings. The Hall–Kier alpha value is -3.32. The highest BCUT2D eigenvalue weighted by Gasteiger charge is 2.45. The number of carbonyl (C=O) groups is 1. The lowest BCUT2D eigenvalue weighted by Gasteiger charge is -2.28. The van der Waals surface area contributed by atoms with Crippen LogP contribution in [0.4, 0.5) is 0 Å². The van der Waals surface area contributed by atoms with E-state index in [4.69, 9.17) is 5.84 Å². The number of hydrazine groups is 1. The molecule has 2 atom stereocenters. The molecule has 1 aliphatic rings. The minimum Gasteiger partial charge on any atom is -0.383 e. The fourth-order valence-electron chi connectivity index (χ4n) is 3.27. The van der Waals surface area contributed by atoms with Gasteiger partial charge in [-0.25, -0.2) is 34.2 Å². The maximum absolute atomic E-state index is 13.4. The van der Waals surface area contributed by atoms with Crippen molar-refractivity contribution in [3.63, 3.8) is 0 Å². The maximum atomic E-state index is 13.4. The van der Waals surface area contributed by atoms with Crippen molar-refractivity contribution in [3.8, 4) is 0 Å². The van der Waals surface area contributed by atoms with Gasteiger partial charge in [0.25, 0.3) is 5.91 Å². The molecule has 0 saturated heterocycles. The third kappa shape index (κ3) is 3.41. The van der Waals surface area contributed by atoms with E-state index < -0.39 is 28.1 Å². The number of nitrogens with zero attached hydrogens (tertiary/aromatic N) is 5. The number of fused-ring (bicyclic) bond motifs is 1. The van der Waals surface area contributed by atoms with Gasteiger partial charge in [-0.1, -0.05) is 6.07 Å². The van der Waals surface area contributed by atoms with Gasteiger partial charge in [0, 0.05) is 36.9 Å². The zero-order chi connectivity index (χ0) is 21.3. The van der Waals surface area contributed by atoms with Crippen molar-refractivity contribution in [2.75, 3.05) is 0 Å². The summed E-state index contributed by atoms with van der Waals surface area (Å²) in [4.78, 5) is 28.1. The normalized spacial score (nSPS) is 17.1. The lowest BCUT2D eigenvalue weighted by Crippen LogP contribution is -2.35. The minimum absolute atomic E-state index is 0.0318. The summed E-state index contributed by atoms with van der Waals surface area (Å²) in [5.74, 6) is 4.65. The van der Waals surface area contributed by atoms with Crippen molar-refractivity contribution in [2.24, 2.45) is 5.84 Å². The fraction of sp³-hybridized carbons (Fsp3) is 0.167. The maximum Gasteiger partial charge on any atom is 0.265 e. The van der Waals surface area contributed by atoms with Gasteiger partial charge in [-0.3, -0.25) is 10.2 Å². The summed E-state index contributed by atoms with van der Waals surface area (Å²) < 4.78 is 27.8. The number of rotatable bonds is 5. The van der Waals surface area contributed by atoms with Crippen LogP contribution in [0.5, 0.6) is 0 Å². The van der Waals surface area contributed by atoms with Crippen LogP contribution < -0.4 is 11.3 Å². The summed E-state index contributed by atoms with van der Waals surface area (Å²) in [7, 11) is -4.09. The van der Waals surface area contributed by atoms with Gasteiger partial charge < -0.3 is 5.11 Å². The Balaban J connectivity index is 1.81. The van der Waals surface area contributed by atoms with Crippen molar-refractivity contribution in [1.82, 2.24) is 29.7 Å². The van der Waals surface area contributed by atoms with Crippen molar-refractivity contribution in [2.45, 2.75) is 23.6 Å². The van der Waals surface area contributed by atoms with Gasteiger partial charge in [-0.05, 0) is 29.8 Å². The van der Waals surface area contributed by atoms with E-state index >= 15 is 0 Å². The van der Waals surface area contributed by atoms with Crippen molar-refractivity contribution in [3.05, 3.63) is 77.9 Å². The van der Waals surface area contributed by atoms with Gasteiger partial charge in [0.15, 0.2) is 5.82 Å². The van der Waals surface area contributed by atoms with E-state index in [0.717, 1.165) is 4.31 Å². The lowest BCUT2D eigenvalue weighted by molar-refractivity contribution is 0.0763. The van der Waals surface area contributed by atoms with E-state index in [1.165, 1.54) is 43.0 Å². The third-order valence-electron chi connectivity index (χ3n) is 4.68. The molecule has 2 unspecified atom stereocenters. The number of nitrogens with two attached hydrogens (primary N) is 1. The number of sulfonamides is 1. The highest BCUT2D eigenvalue weighted by atomic mass is 32.2.